The van der Waals surface area contributed by atoms with Gasteiger partial charge in [0.25, 0.3) is 0 Å². The van der Waals surface area contributed by atoms with E-state index in [4.69, 9.17) is 4.74 Å². The van der Waals surface area contributed by atoms with Gasteiger partial charge in [0.1, 0.15) is 6.04 Å². The number of nitrogens with zero attached hydrogens (tertiary/aromatic N) is 2. The van der Waals surface area contributed by atoms with Crippen molar-refractivity contribution in [2.75, 3.05) is 18.6 Å². The largest absolute Gasteiger partial charge is 0.467 e. The molecule has 3 rings (SSSR count). The molecule has 1 aromatic carbocycles. The van der Waals surface area contributed by atoms with Crippen LogP contribution in [0.5, 0.6) is 0 Å². The molecule has 152 valence electrons. The van der Waals surface area contributed by atoms with E-state index in [1.165, 1.54) is 11.0 Å². The predicted octanol–water partition coefficient (Wildman–Crippen LogP) is 2.33. The number of benzene rings is 1. The molecule has 7 nitrogen and oxygen atoms in total. The zero-order valence-electron chi connectivity index (χ0n) is 15.0. The Balaban J connectivity index is 2.01. The second-order valence-corrected chi connectivity index (χ2v) is 8.69. The summed E-state index contributed by atoms with van der Waals surface area (Å²) in [6.45, 7) is 1.55. The molecular formula is C17H18F3N3O4S. The Labute approximate surface area is 159 Å². The van der Waals surface area contributed by atoms with Crippen LogP contribution in [0.15, 0.2) is 35.2 Å². The minimum atomic E-state index is -4.82. The fourth-order valence-corrected chi connectivity index (χ4v) is 5.22. The highest BCUT2D eigenvalue weighted by atomic mass is 32.2. The number of H-pyrrole nitrogens is 1. The van der Waals surface area contributed by atoms with Gasteiger partial charge < -0.3 is 9.64 Å². The van der Waals surface area contributed by atoms with E-state index in [0.717, 1.165) is 25.3 Å². The van der Waals surface area contributed by atoms with Crippen molar-refractivity contribution in [2.24, 2.45) is 0 Å². The molecule has 2 unspecified atom stereocenters. The Morgan fingerprint density at radius 3 is 2.57 bits per heavy atom. The molecule has 1 aliphatic rings. The van der Waals surface area contributed by atoms with Crippen molar-refractivity contribution in [1.29, 1.82) is 0 Å². The number of ether oxygens (including phenoxy) is 1. The van der Waals surface area contributed by atoms with Crippen molar-refractivity contribution < 1.29 is 31.1 Å². The number of anilines is 1. The van der Waals surface area contributed by atoms with Crippen LogP contribution in [0, 0.1) is 6.92 Å². The van der Waals surface area contributed by atoms with E-state index in [1.807, 2.05) is 0 Å². The molecular weight excluding hydrogens is 399 g/mol. The molecule has 2 aromatic rings. The molecule has 2 heterocycles. The number of carbonyl (C=O) groups is 1. The topological polar surface area (TPSA) is 92.4 Å². The first kappa shape index (κ1) is 20.2. The molecule has 0 saturated carbocycles. The maximum absolute atomic E-state index is 13.3. The summed E-state index contributed by atoms with van der Waals surface area (Å²) < 4.78 is 70.7. The number of methoxy groups -OCH3 is 1. The number of nitrogens with one attached hydrogen (secondary N) is 1. The Bertz CT molecular complexity index is 988. The van der Waals surface area contributed by atoms with Gasteiger partial charge in [0.15, 0.2) is 15.7 Å². The van der Waals surface area contributed by atoms with E-state index in [-0.39, 0.29) is 13.0 Å². The van der Waals surface area contributed by atoms with Crippen LogP contribution in [0.2, 0.25) is 0 Å². The molecule has 0 bridgehead atoms. The fourth-order valence-electron chi connectivity index (χ4n) is 3.31. The van der Waals surface area contributed by atoms with Crippen LogP contribution in [0.1, 0.15) is 17.7 Å². The zero-order valence-corrected chi connectivity index (χ0v) is 15.8. The van der Waals surface area contributed by atoms with Crippen LogP contribution in [-0.2, 0) is 25.5 Å². The molecule has 2 atom stereocenters. The van der Waals surface area contributed by atoms with Gasteiger partial charge in [0.05, 0.1) is 22.8 Å². The number of hydrogen-bond acceptors (Lipinski definition) is 6. The summed E-state index contributed by atoms with van der Waals surface area (Å²) in [5, 5.41) is 5.50. The number of esters is 1. The van der Waals surface area contributed by atoms with Gasteiger partial charge in [0, 0.05) is 18.3 Å². The number of alkyl halides is 3. The lowest BCUT2D eigenvalue weighted by molar-refractivity contribution is -0.142. The lowest BCUT2D eigenvalue weighted by Gasteiger charge is -2.21. The highest BCUT2D eigenvalue weighted by Gasteiger charge is 2.47. The highest BCUT2D eigenvalue weighted by Crippen LogP contribution is 2.38. The van der Waals surface area contributed by atoms with Crippen molar-refractivity contribution in [3.63, 3.8) is 0 Å². The van der Waals surface area contributed by atoms with Gasteiger partial charge in [-0.25, -0.2) is 13.2 Å². The summed E-state index contributed by atoms with van der Waals surface area (Å²) in [4.78, 5) is 12.8. The Hall–Kier alpha value is -2.56. The van der Waals surface area contributed by atoms with Gasteiger partial charge in [-0.2, -0.15) is 18.3 Å². The first-order valence-corrected chi connectivity index (χ1v) is 9.87. The fraction of sp³-hybridized carbons (Fsp3) is 0.412. The second-order valence-electron chi connectivity index (χ2n) is 6.50. The van der Waals surface area contributed by atoms with Crippen molar-refractivity contribution in [1.82, 2.24) is 10.2 Å². The average Bonchev–Trinajstić information content (AvgIpc) is 3.27. The maximum atomic E-state index is 13.3. The molecule has 1 aliphatic heterocycles. The second kappa shape index (κ2) is 7.12. The highest BCUT2D eigenvalue weighted by molar-refractivity contribution is 7.92. The van der Waals surface area contributed by atoms with Gasteiger partial charge in [-0.3, -0.25) is 5.10 Å². The Morgan fingerprint density at radius 2 is 2.00 bits per heavy atom. The maximum Gasteiger partial charge on any atom is 0.417 e. The van der Waals surface area contributed by atoms with E-state index in [2.05, 4.69) is 10.2 Å². The van der Waals surface area contributed by atoms with Gasteiger partial charge in [-0.1, -0.05) is 12.1 Å². The molecule has 0 radical (unpaired) electrons. The lowest BCUT2D eigenvalue weighted by atomic mass is 10.2. The zero-order chi connectivity index (χ0) is 20.7. The summed E-state index contributed by atoms with van der Waals surface area (Å²) in [5.74, 6) is -0.350. The third kappa shape index (κ3) is 3.58. The van der Waals surface area contributed by atoms with Crippen molar-refractivity contribution in [2.45, 2.75) is 35.7 Å². The quantitative estimate of drug-likeness (QED) is 0.768. The molecule has 0 aliphatic carbocycles. The van der Waals surface area contributed by atoms with Gasteiger partial charge in [-0.05, 0) is 25.5 Å². The number of hydrogen-bond donors (Lipinski definition) is 1. The van der Waals surface area contributed by atoms with E-state index in [0.29, 0.717) is 11.5 Å². The predicted molar refractivity (Wildman–Crippen MR) is 93.5 cm³/mol. The third-order valence-corrected chi connectivity index (χ3v) is 6.85. The molecule has 28 heavy (non-hydrogen) atoms. The summed E-state index contributed by atoms with van der Waals surface area (Å²) in [6, 6.07) is 4.69. The van der Waals surface area contributed by atoms with E-state index < -0.39 is 43.7 Å². The number of rotatable bonds is 4. The molecule has 1 N–H and O–H groups in total. The van der Waals surface area contributed by atoms with E-state index in [9.17, 15) is 26.4 Å². The number of sulfone groups is 1. The van der Waals surface area contributed by atoms with Crippen LogP contribution in [0.25, 0.3) is 0 Å². The van der Waals surface area contributed by atoms with Crippen molar-refractivity contribution in [3.05, 3.63) is 41.6 Å². The molecule has 0 spiro atoms. The minimum Gasteiger partial charge on any atom is -0.467 e. The lowest BCUT2D eigenvalue weighted by Crippen LogP contribution is -2.37. The first-order chi connectivity index (χ1) is 13.1. The van der Waals surface area contributed by atoms with Crippen LogP contribution in [0.4, 0.5) is 19.0 Å². The number of carbonyl (C=O) groups excluding carboxylic acids is 1. The van der Waals surface area contributed by atoms with Crippen molar-refractivity contribution in [3.8, 4) is 0 Å². The monoisotopic (exact) mass is 417 g/mol. The Kier molecular flexibility index (Phi) is 5.13. The molecule has 1 saturated heterocycles. The van der Waals surface area contributed by atoms with E-state index >= 15 is 0 Å². The van der Waals surface area contributed by atoms with Crippen LogP contribution < -0.4 is 4.90 Å². The smallest absolute Gasteiger partial charge is 0.417 e. The molecule has 11 heteroatoms. The standard InChI is InChI=1S/C17H18F3N3O4S/c1-10-7-15(22-21-10)23-9-11(8-13(23)16(24)27-2)28(25,26)14-6-4-3-5-12(14)17(18,19)20/h3-7,11,13H,8-9H2,1-2H3,(H,21,22). The van der Waals surface area contributed by atoms with Crippen LogP contribution in [0.3, 0.4) is 0 Å². The van der Waals surface area contributed by atoms with Gasteiger partial charge in [0.2, 0.25) is 0 Å². The van der Waals surface area contributed by atoms with E-state index in [1.54, 1.807) is 13.0 Å². The molecule has 1 fully saturated rings. The number of aromatic nitrogens is 2. The average molecular weight is 417 g/mol. The van der Waals surface area contributed by atoms with Crippen molar-refractivity contribution >= 4 is 21.6 Å². The summed E-state index contributed by atoms with van der Waals surface area (Å²) in [6.07, 6.45) is -5.02. The van der Waals surface area contributed by atoms with Crippen LogP contribution >= 0.6 is 0 Å². The number of aromatic amines is 1. The third-order valence-electron chi connectivity index (χ3n) is 4.66. The summed E-state index contributed by atoms with van der Waals surface area (Å²) in [5.41, 5.74) is -0.536. The van der Waals surface area contributed by atoms with Gasteiger partial charge >= 0.3 is 12.1 Å². The number of halogens is 3. The number of aryl methyl sites for hydroxylation is 1. The minimum absolute atomic E-state index is 0.182. The Morgan fingerprint density at radius 1 is 1.32 bits per heavy atom. The molecule has 0 amide bonds. The SMILES string of the molecule is COC(=O)C1CC(S(=O)(=O)c2ccccc2C(F)(F)F)CN1c1cc(C)[nH]n1. The van der Waals surface area contributed by atoms with Gasteiger partial charge in [-0.15, -0.1) is 0 Å². The summed E-state index contributed by atoms with van der Waals surface area (Å²) >= 11 is 0. The normalized spacial score (nSPS) is 20.4. The first-order valence-electron chi connectivity index (χ1n) is 8.32. The molecule has 1 aromatic heterocycles. The summed E-state index contributed by atoms with van der Waals surface area (Å²) in [7, 11) is -3.20. The van der Waals surface area contributed by atoms with Crippen LogP contribution in [-0.4, -0.2) is 49.5 Å².